The molecule has 1 aromatic rings. The van der Waals surface area contributed by atoms with E-state index in [9.17, 15) is 0 Å². The van der Waals surface area contributed by atoms with Crippen LogP contribution < -0.4 is 5.32 Å². The van der Waals surface area contributed by atoms with Crippen molar-refractivity contribution in [3.63, 3.8) is 0 Å². The molecule has 0 amide bonds. The number of hydrogen-bond acceptors (Lipinski definition) is 2. The standard InChI is InChI=1S/C19H32N2/c1-5-19-13-20-18(11-15(2)3)14-21(19)16(4)12-17-9-7-6-8-10-17/h6-10,15-16,18-20H,5,11-14H2,1-4H3. The van der Waals surface area contributed by atoms with Crippen molar-refractivity contribution in [2.45, 2.75) is 65.1 Å². The van der Waals surface area contributed by atoms with Gasteiger partial charge in [-0.3, -0.25) is 4.90 Å². The van der Waals surface area contributed by atoms with Crippen molar-refractivity contribution in [1.29, 1.82) is 0 Å². The molecule has 0 aromatic heterocycles. The van der Waals surface area contributed by atoms with E-state index < -0.39 is 0 Å². The first-order valence-electron chi connectivity index (χ1n) is 8.63. The second-order valence-electron chi connectivity index (χ2n) is 7.03. The Kier molecular flexibility index (Phi) is 6.25. The minimum Gasteiger partial charge on any atom is -0.311 e. The summed E-state index contributed by atoms with van der Waals surface area (Å²) < 4.78 is 0. The van der Waals surface area contributed by atoms with Gasteiger partial charge in [0.05, 0.1) is 0 Å². The minimum atomic E-state index is 0.620. The van der Waals surface area contributed by atoms with Gasteiger partial charge in [0.2, 0.25) is 0 Å². The van der Waals surface area contributed by atoms with Crippen molar-refractivity contribution >= 4 is 0 Å². The van der Waals surface area contributed by atoms with Gasteiger partial charge in [-0.1, -0.05) is 51.1 Å². The summed E-state index contributed by atoms with van der Waals surface area (Å²) in [7, 11) is 0. The van der Waals surface area contributed by atoms with E-state index in [0.29, 0.717) is 18.1 Å². The lowest BCUT2D eigenvalue weighted by atomic mass is 9.96. The zero-order valence-electron chi connectivity index (χ0n) is 14.2. The molecule has 1 N–H and O–H groups in total. The number of piperazine rings is 1. The topological polar surface area (TPSA) is 15.3 Å². The zero-order valence-corrected chi connectivity index (χ0v) is 14.2. The van der Waals surface area contributed by atoms with Gasteiger partial charge in [-0.2, -0.15) is 0 Å². The molecule has 0 spiro atoms. The molecule has 21 heavy (non-hydrogen) atoms. The Labute approximate surface area is 130 Å². The second kappa shape index (κ2) is 7.95. The fourth-order valence-corrected chi connectivity index (χ4v) is 3.61. The highest BCUT2D eigenvalue weighted by atomic mass is 15.2. The Morgan fingerprint density at radius 1 is 1.19 bits per heavy atom. The number of nitrogens with zero attached hydrogens (tertiary/aromatic N) is 1. The van der Waals surface area contributed by atoms with Crippen LogP contribution in [0.25, 0.3) is 0 Å². The van der Waals surface area contributed by atoms with Crippen LogP contribution in [0.1, 0.15) is 46.1 Å². The molecular formula is C19H32N2. The van der Waals surface area contributed by atoms with Crippen LogP contribution in [0.5, 0.6) is 0 Å². The van der Waals surface area contributed by atoms with Crippen molar-refractivity contribution in [1.82, 2.24) is 10.2 Å². The first-order valence-corrected chi connectivity index (χ1v) is 8.63. The monoisotopic (exact) mass is 288 g/mol. The summed E-state index contributed by atoms with van der Waals surface area (Å²) in [6.45, 7) is 11.7. The summed E-state index contributed by atoms with van der Waals surface area (Å²) in [5.41, 5.74) is 1.46. The summed E-state index contributed by atoms with van der Waals surface area (Å²) in [6.07, 6.45) is 3.68. The third kappa shape index (κ3) is 4.82. The van der Waals surface area contributed by atoms with Crippen molar-refractivity contribution in [2.75, 3.05) is 13.1 Å². The van der Waals surface area contributed by atoms with Crippen molar-refractivity contribution in [3.05, 3.63) is 35.9 Å². The minimum absolute atomic E-state index is 0.620. The van der Waals surface area contributed by atoms with E-state index >= 15 is 0 Å². The Morgan fingerprint density at radius 2 is 1.90 bits per heavy atom. The molecule has 2 rings (SSSR count). The van der Waals surface area contributed by atoms with E-state index in [4.69, 9.17) is 0 Å². The molecule has 1 heterocycles. The Hall–Kier alpha value is -0.860. The molecule has 1 aromatic carbocycles. The van der Waals surface area contributed by atoms with Gasteiger partial charge in [0.1, 0.15) is 0 Å². The molecule has 0 radical (unpaired) electrons. The molecular weight excluding hydrogens is 256 g/mol. The summed E-state index contributed by atoms with van der Waals surface area (Å²) in [5.74, 6) is 0.770. The van der Waals surface area contributed by atoms with E-state index in [-0.39, 0.29) is 0 Å². The van der Waals surface area contributed by atoms with Crippen LogP contribution in [-0.2, 0) is 6.42 Å². The fourth-order valence-electron chi connectivity index (χ4n) is 3.61. The molecule has 1 aliphatic heterocycles. The molecule has 0 saturated carbocycles. The van der Waals surface area contributed by atoms with Crippen LogP contribution in [-0.4, -0.2) is 36.1 Å². The molecule has 0 bridgehead atoms. The molecule has 0 aliphatic carbocycles. The maximum atomic E-state index is 3.76. The average molecular weight is 288 g/mol. The third-order valence-electron chi connectivity index (χ3n) is 4.71. The second-order valence-corrected chi connectivity index (χ2v) is 7.03. The van der Waals surface area contributed by atoms with Gasteiger partial charge in [-0.15, -0.1) is 0 Å². The van der Waals surface area contributed by atoms with E-state index in [2.05, 4.69) is 68.2 Å². The van der Waals surface area contributed by atoms with Gasteiger partial charge in [0.25, 0.3) is 0 Å². The lowest BCUT2D eigenvalue weighted by Crippen LogP contribution is -2.59. The lowest BCUT2D eigenvalue weighted by molar-refractivity contribution is 0.0804. The van der Waals surface area contributed by atoms with Crippen molar-refractivity contribution in [3.8, 4) is 0 Å². The first-order chi connectivity index (χ1) is 10.1. The maximum Gasteiger partial charge on any atom is 0.0221 e. The van der Waals surface area contributed by atoms with E-state index in [1.165, 1.54) is 24.9 Å². The molecule has 1 fully saturated rings. The summed E-state index contributed by atoms with van der Waals surface area (Å²) in [4.78, 5) is 2.75. The molecule has 2 heteroatoms. The fraction of sp³-hybridized carbons (Fsp3) is 0.684. The third-order valence-corrected chi connectivity index (χ3v) is 4.71. The zero-order chi connectivity index (χ0) is 15.2. The molecule has 3 atom stereocenters. The van der Waals surface area contributed by atoms with Crippen molar-refractivity contribution < 1.29 is 0 Å². The summed E-state index contributed by atoms with van der Waals surface area (Å²) in [5, 5.41) is 3.76. The van der Waals surface area contributed by atoms with Gasteiger partial charge >= 0.3 is 0 Å². The number of nitrogens with one attached hydrogen (secondary N) is 1. The van der Waals surface area contributed by atoms with Crippen molar-refractivity contribution in [2.24, 2.45) is 5.92 Å². The average Bonchev–Trinajstić information content (AvgIpc) is 2.47. The number of rotatable bonds is 6. The molecule has 2 nitrogen and oxygen atoms in total. The van der Waals surface area contributed by atoms with Crippen LogP contribution in [0.4, 0.5) is 0 Å². The lowest BCUT2D eigenvalue weighted by Gasteiger charge is -2.44. The molecule has 3 unspecified atom stereocenters. The number of hydrogen-bond donors (Lipinski definition) is 1. The predicted octanol–water partition coefficient (Wildman–Crippen LogP) is 3.72. The van der Waals surface area contributed by atoms with Crippen LogP contribution in [0.3, 0.4) is 0 Å². The first kappa shape index (κ1) is 16.5. The normalized spacial score (nSPS) is 25.2. The van der Waals surface area contributed by atoms with E-state index in [1.807, 2.05) is 0 Å². The maximum absolute atomic E-state index is 3.76. The Morgan fingerprint density at radius 3 is 2.52 bits per heavy atom. The molecule has 1 saturated heterocycles. The highest BCUT2D eigenvalue weighted by Gasteiger charge is 2.30. The predicted molar refractivity (Wildman–Crippen MR) is 91.6 cm³/mol. The van der Waals surface area contributed by atoms with Crippen LogP contribution in [0.2, 0.25) is 0 Å². The largest absolute Gasteiger partial charge is 0.311 e. The van der Waals surface area contributed by atoms with Gasteiger partial charge in [-0.25, -0.2) is 0 Å². The van der Waals surface area contributed by atoms with Crippen LogP contribution in [0.15, 0.2) is 30.3 Å². The van der Waals surface area contributed by atoms with E-state index in [0.717, 1.165) is 18.9 Å². The Balaban J connectivity index is 1.99. The summed E-state index contributed by atoms with van der Waals surface area (Å²) in [6, 6.07) is 12.9. The van der Waals surface area contributed by atoms with Crippen LogP contribution >= 0.6 is 0 Å². The quantitative estimate of drug-likeness (QED) is 0.858. The van der Waals surface area contributed by atoms with Gasteiger partial charge < -0.3 is 5.32 Å². The van der Waals surface area contributed by atoms with E-state index in [1.54, 1.807) is 0 Å². The SMILES string of the molecule is CCC1CNC(CC(C)C)CN1C(C)Cc1ccccc1. The van der Waals surface area contributed by atoms with Gasteiger partial charge in [-0.05, 0) is 37.7 Å². The van der Waals surface area contributed by atoms with Gasteiger partial charge in [0.15, 0.2) is 0 Å². The number of benzene rings is 1. The van der Waals surface area contributed by atoms with Crippen LogP contribution in [0, 0.1) is 5.92 Å². The Bertz CT molecular complexity index is 401. The van der Waals surface area contributed by atoms with Gasteiger partial charge in [0, 0.05) is 31.2 Å². The highest BCUT2D eigenvalue weighted by molar-refractivity contribution is 5.16. The molecule has 118 valence electrons. The summed E-state index contributed by atoms with van der Waals surface area (Å²) >= 11 is 0. The highest BCUT2D eigenvalue weighted by Crippen LogP contribution is 2.20. The smallest absolute Gasteiger partial charge is 0.0221 e. The molecule has 1 aliphatic rings.